The fourth-order valence-electron chi connectivity index (χ4n) is 2.58. The minimum absolute atomic E-state index is 0.100. The molecule has 0 unspecified atom stereocenters. The Morgan fingerprint density at radius 1 is 1.50 bits per heavy atom. The molecule has 0 spiro atoms. The van der Waals surface area contributed by atoms with E-state index in [9.17, 15) is 4.79 Å². The highest BCUT2D eigenvalue weighted by Crippen LogP contribution is 2.28. The lowest BCUT2D eigenvalue weighted by Gasteiger charge is -2.37. The molecule has 1 saturated heterocycles. The lowest BCUT2D eigenvalue weighted by atomic mass is 9.89. The first kappa shape index (κ1) is 14.8. The number of aromatic nitrogens is 4. The molecule has 0 aliphatic carbocycles. The number of amides is 1. The minimum atomic E-state index is -0.123. The van der Waals surface area contributed by atoms with Crippen molar-refractivity contribution < 1.29 is 9.53 Å². The summed E-state index contributed by atoms with van der Waals surface area (Å²) in [5, 5.41) is 8.07. The van der Waals surface area contributed by atoms with Crippen LogP contribution in [0.15, 0.2) is 24.5 Å². The van der Waals surface area contributed by atoms with Crippen LogP contribution in [-0.2, 0) is 24.9 Å². The van der Waals surface area contributed by atoms with Gasteiger partial charge in [-0.2, -0.15) is 0 Å². The Balaban J connectivity index is 1.64. The highest BCUT2D eigenvalue weighted by Gasteiger charge is 2.34. The van der Waals surface area contributed by atoms with E-state index in [0.717, 1.165) is 25.5 Å². The maximum Gasteiger partial charge on any atom is 0.276 e. The highest BCUT2D eigenvalue weighted by molar-refractivity contribution is 5.91. The van der Waals surface area contributed by atoms with E-state index in [-0.39, 0.29) is 11.3 Å². The molecule has 1 aliphatic heterocycles. The zero-order chi connectivity index (χ0) is 15.7. The van der Waals surface area contributed by atoms with Crippen molar-refractivity contribution in [2.45, 2.75) is 20.0 Å². The van der Waals surface area contributed by atoms with Gasteiger partial charge in [0.2, 0.25) is 0 Å². The van der Waals surface area contributed by atoms with E-state index in [1.807, 2.05) is 29.9 Å². The smallest absolute Gasteiger partial charge is 0.276 e. The van der Waals surface area contributed by atoms with Gasteiger partial charge < -0.3 is 14.2 Å². The Kier molecular flexibility index (Phi) is 3.74. The summed E-state index contributed by atoms with van der Waals surface area (Å²) in [6.07, 6.45) is 3.68. The Morgan fingerprint density at radius 3 is 2.86 bits per heavy atom. The molecule has 3 heterocycles. The van der Waals surface area contributed by atoms with Crippen molar-refractivity contribution in [2.24, 2.45) is 12.5 Å². The van der Waals surface area contributed by atoms with Gasteiger partial charge in [0.1, 0.15) is 0 Å². The molecule has 7 heteroatoms. The van der Waals surface area contributed by atoms with Gasteiger partial charge in [-0.3, -0.25) is 9.48 Å². The molecule has 2 aromatic rings. The van der Waals surface area contributed by atoms with Crippen LogP contribution in [0.4, 0.5) is 0 Å². The van der Waals surface area contributed by atoms with Gasteiger partial charge in [0.05, 0.1) is 32.5 Å². The average Bonchev–Trinajstić information content (AvgIpc) is 3.06. The number of hydrogen-bond acceptors (Lipinski definition) is 4. The van der Waals surface area contributed by atoms with Crippen LogP contribution in [-0.4, -0.2) is 50.6 Å². The van der Waals surface area contributed by atoms with E-state index in [1.54, 1.807) is 22.8 Å². The highest BCUT2D eigenvalue weighted by atomic mass is 16.5. The summed E-state index contributed by atoms with van der Waals surface area (Å²) in [5.41, 5.74) is 1.55. The third-order valence-electron chi connectivity index (χ3n) is 4.00. The normalized spacial score (nSPS) is 16.3. The summed E-state index contributed by atoms with van der Waals surface area (Å²) in [6, 6.07) is 3.96. The summed E-state index contributed by atoms with van der Waals surface area (Å²) in [7, 11) is 3.74. The number of ether oxygens (including phenoxy) is 1. The second-order valence-corrected chi connectivity index (χ2v) is 6.38. The predicted molar refractivity (Wildman–Crippen MR) is 80.2 cm³/mol. The predicted octanol–water partition coefficient (Wildman–Crippen LogP) is 0.925. The van der Waals surface area contributed by atoms with Gasteiger partial charge in [0, 0.05) is 31.4 Å². The fraction of sp³-hybridized carbons (Fsp3) is 0.533. The van der Waals surface area contributed by atoms with E-state index in [4.69, 9.17) is 4.74 Å². The molecule has 2 aromatic heterocycles. The number of carbonyl (C=O) groups is 1. The topological polar surface area (TPSA) is 65.2 Å². The van der Waals surface area contributed by atoms with E-state index in [2.05, 4.69) is 17.2 Å². The molecule has 0 radical (unpaired) electrons. The molecule has 0 bridgehead atoms. The molecule has 3 rings (SSSR count). The number of aryl methyl sites for hydroxylation is 1. The first-order chi connectivity index (χ1) is 10.5. The fourth-order valence-corrected chi connectivity index (χ4v) is 2.58. The second kappa shape index (κ2) is 5.57. The Hall–Kier alpha value is -2.15. The van der Waals surface area contributed by atoms with Gasteiger partial charge in [-0.05, 0) is 12.1 Å². The van der Waals surface area contributed by atoms with Crippen molar-refractivity contribution in [3.8, 4) is 0 Å². The van der Waals surface area contributed by atoms with Gasteiger partial charge in [0.15, 0.2) is 5.69 Å². The van der Waals surface area contributed by atoms with Gasteiger partial charge in [-0.15, -0.1) is 5.10 Å². The zero-order valence-electron chi connectivity index (χ0n) is 13.2. The first-order valence-electron chi connectivity index (χ1n) is 7.30. The maximum atomic E-state index is 12.4. The van der Waals surface area contributed by atoms with Gasteiger partial charge >= 0.3 is 0 Å². The molecular weight excluding hydrogens is 282 g/mol. The van der Waals surface area contributed by atoms with Crippen molar-refractivity contribution in [3.05, 3.63) is 35.9 Å². The van der Waals surface area contributed by atoms with Crippen LogP contribution >= 0.6 is 0 Å². The standard InChI is InChI=1S/C15H21N5O2/c1-15(10-22-11-15)9-20-8-13(16-17-20)14(21)19(3)7-12-5-4-6-18(12)2/h4-6,8H,7,9-11H2,1-3H3. The summed E-state index contributed by atoms with van der Waals surface area (Å²) in [4.78, 5) is 14.1. The molecule has 22 heavy (non-hydrogen) atoms. The Labute approximate surface area is 129 Å². The molecule has 1 aliphatic rings. The molecular formula is C15H21N5O2. The lowest BCUT2D eigenvalue weighted by Crippen LogP contribution is -2.43. The summed E-state index contributed by atoms with van der Waals surface area (Å²) < 4.78 is 8.96. The zero-order valence-corrected chi connectivity index (χ0v) is 13.2. The maximum absolute atomic E-state index is 12.4. The van der Waals surface area contributed by atoms with Crippen molar-refractivity contribution in [3.63, 3.8) is 0 Å². The van der Waals surface area contributed by atoms with Crippen LogP contribution in [0, 0.1) is 5.41 Å². The molecule has 1 fully saturated rings. The quantitative estimate of drug-likeness (QED) is 0.824. The van der Waals surface area contributed by atoms with Crippen LogP contribution in [0.1, 0.15) is 23.1 Å². The Bertz CT molecular complexity index is 671. The first-order valence-corrected chi connectivity index (χ1v) is 7.30. The van der Waals surface area contributed by atoms with Gasteiger partial charge in [-0.25, -0.2) is 0 Å². The summed E-state index contributed by atoms with van der Waals surface area (Å²) in [5.74, 6) is -0.123. The lowest BCUT2D eigenvalue weighted by molar-refractivity contribution is -0.111. The number of nitrogens with zero attached hydrogens (tertiary/aromatic N) is 5. The second-order valence-electron chi connectivity index (χ2n) is 6.38. The Morgan fingerprint density at radius 2 is 2.27 bits per heavy atom. The number of rotatable bonds is 5. The van der Waals surface area contributed by atoms with E-state index < -0.39 is 0 Å². The van der Waals surface area contributed by atoms with Crippen LogP contribution in [0.3, 0.4) is 0 Å². The summed E-state index contributed by atoms with van der Waals surface area (Å²) in [6.45, 7) is 4.85. The molecule has 118 valence electrons. The third kappa shape index (κ3) is 2.89. The van der Waals surface area contributed by atoms with Gasteiger partial charge in [-0.1, -0.05) is 12.1 Å². The van der Waals surface area contributed by atoms with Crippen LogP contribution < -0.4 is 0 Å². The minimum Gasteiger partial charge on any atom is -0.380 e. The van der Waals surface area contributed by atoms with Crippen molar-refractivity contribution in [2.75, 3.05) is 20.3 Å². The number of hydrogen-bond donors (Lipinski definition) is 0. The molecule has 0 N–H and O–H groups in total. The van der Waals surface area contributed by atoms with Crippen molar-refractivity contribution in [1.29, 1.82) is 0 Å². The molecule has 7 nitrogen and oxygen atoms in total. The van der Waals surface area contributed by atoms with E-state index >= 15 is 0 Å². The molecule has 0 aromatic carbocycles. The largest absolute Gasteiger partial charge is 0.380 e. The average molecular weight is 303 g/mol. The van der Waals surface area contributed by atoms with E-state index in [1.165, 1.54) is 0 Å². The monoisotopic (exact) mass is 303 g/mol. The van der Waals surface area contributed by atoms with Crippen molar-refractivity contribution >= 4 is 5.91 Å². The van der Waals surface area contributed by atoms with E-state index in [0.29, 0.717) is 12.2 Å². The van der Waals surface area contributed by atoms with Crippen LogP contribution in [0.25, 0.3) is 0 Å². The van der Waals surface area contributed by atoms with Crippen LogP contribution in [0.5, 0.6) is 0 Å². The molecule has 0 atom stereocenters. The van der Waals surface area contributed by atoms with Crippen LogP contribution in [0.2, 0.25) is 0 Å². The number of carbonyl (C=O) groups excluding carboxylic acids is 1. The van der Waals surface area contributed by atoms with Gasteiger partial charge in [0.25, 0.3) is 5.91 Å². The third-order valence-corrected chi connectivity index (χ3v) is 4.00. The molecule has 1 amide bonds. The van der Waals surface area contributed by atoms with Crippen molar-refractivity contribution in [1.82, 2.24) is 24.5 Å². The molecule has 0 saturated carbocycles. The summed E-state index contributed by atoms with van der Waals surface area (Å²) >= 11 is 0. The SMILES string of the molecule is CN(Cc1cccn1C)C(=O)c1cn(CC2(C)COC2)nn1.